The van der Waals surface area contributed by atoms with Gasteiger partial charge in [0, 0.05) is 18.3 Å². The van der Waals surface area contributed by atoms with Gasteiger partial charge in [0.25, 0.3) is 0 Å². The van der Waals surface area contributed by atoms with Crippen molar-refractivity contribution in [2.24, 2.45) is 0 Å². The van der Waals surface area contributed by atoms with Crippen molar-refractivity contribution in [2.75, 3.05) is 22.9 Å². The minimum atomic E-state index is 0.253. The maximum absolute atomic E-state index is 5.67. The average Bonchev–Trinajstić information content (AvgIpc) is 2.32. The van der Waals surface area contributed by atoms with Gasteiger partial charge < -0.3 is 16.4 Å². The zero-order chi connectivity index (χ0) is 13.0. The van der Waals surface area contributed by atoms with Crippen LogP contribution in [-0.4, -0.2) is 16.5 Å². The lowest BCUT2D eigenvalue weighted by molar-refractivity contribution is 1.12. The Balaban J connectivity index is 2.20. The number of hydrogen-bond acceptors (Lipinski definition) is 5. The average molecular weight is 243 g/mol. The van der Waals surface area contributed by atoms with Crippen LogP contribution in [0.1, 0.15) is 12.5 Å². The smallest absolute Gasteiger partial charge is 0.223 e. The molecule has 2 rings (SSSR count). The van der Waals surface area contributed by atoms with Crippen molar-refractivity contribution in [3.63, 3.8) is 0 Å². The van der Waals surface area contributed by atoms with E-state index in [2.05, 4.69) is 27.5 Å². The topological polar surface area (TPSA) is 75.9 Å². The molecule has 1 aromatic heterocycles. The van der Waals surface area contributed by atoms with Gasteiger partial charge in [-0.25, -0.2) is 0 Å². The van der Waals surface area contributed by atoms with Crippen LogP contribution in [0.15, 0.2) is 30.3 Å². The van der Waals surface area contributed by atoms with E-state index in [1.165, 1.54) is 5.56 Å². The minimum absolute atomic E-state index is 0.253. The summed E-state index contributed by atoms with van der Waals surface area (Å²) < 4.78 is 0. The third-order valence-corrected chi connectivity index (χ3v) is 2.43. The van der Waals surface area contributed by atoms with Crippen molar-refractivity contribution in [3.8, 4) is 0 Å². The predicted octanol–water partition coefficient (Wildman–Crippen LogP) is 2.54. The van der Waals surface area contributed by atoms with Gasteiger partial charge in [0.1, 0.15) is 11.6 Å². The highest BCUT2D eigenvalue weighted by Gasteiger charge is 2.02. The van der Waals surface area contributed by atoms with Gasteiger partial charge in [-0.1, -0.05) is 17.7 Å². The van der Waals surface area contributed by atoms with Crippen molar-refractivity contribution in [1.29, 1.82) is 0 Å². The van der Waals surface area contributed by atoms with E-state index in [4.69, 9.17) is 5.73 Å². The number of aryl methyl sites for hydroxylation is 1. The molecule has 0 unspecified atom stereocenters. The summed E-state index contributed by atoms with van der Waals surface area (Å²) in [5.41, 5.74) is 7.86. The van der Waals surface area contributed by atoms with Gasteiger partial charge in [-0.3, -0.25) is 0 Å². The lowest BCUT2D eigenvalue weighted by Gasteiger charge is -2.09. The molecule has 5 nitrogen and oxygen atoms in total. The van der Waals surface area contributed by atoms with E-state index in [0.29, 0.717) is 5.82 Å². The van der Waals surface area contributed by atoms with Gasteiger partial charge >= 0.3 is 0 Å². The maximum Gasteiger partial charge on any atom is 0.223 e. The first-order valence-electron chi connectivity index (χ1n) is 5.89. The monoisotopic (exact) mass is 243 g/mol. The number of hydrogen-bond donors (Lipinski definition) is 3. The summed E-state index contributed by atoms with van der Waals surface area (Å²) in [5, 5.41) is 6.31. The van der Waals surface area contributed by atoms with Crippen LogP contribution in [0.4, 0.5) is 23.3 Å². The van der Waals surface area contributed by atoms with E-state index in [9.17, 15) is 0 Å². The first-order valence-corrected chi connectivity index (χ1v) is 5.89. The van der Waals surface area contributed by atoms with Crippen LogP contribution in [0.25, 0.3) is 0 Å². The van der Waals surface area contributed by atoms with Crippen molar-refractivity contribution >= 4 is 23.3 Å². The molecule has 0 saturated carbocycles. The summed E-state index contributed by atoms with van der Waals surface area (Å²) in [6.07, 6.45) is 0. The lowest BCUT2D eigenvalue weighted by atomic mass is 10.2. The van der Waals surface area contributed by atoms with Gasteiger partial charge in [0.15, 0.2) is 0 Å². The van der Waals surface area contributed by atoms with E-state index in [-0.39, 0.29) is 5.95 Å². The highest BCUT2D eigenvalue weighted by molar-refractivity contribution is 5.60. The van der Waals surface area contributed by atoms with Gasteiger partial charge in [0.2, 0.25) is 5.95 Å². The van der Waals surface area contributed by atoms with Crippen LogP contribution in [0, 0.1) is 6.92 Å². The highest BCUT2D eigenvalue weighted by atomic mass is 15.1. The van der Waals surface area contributed by atoms with Crippen LogP contribution in [-0.2, 0) is 0 Å². The highest BCUT2D eigenvalue weighted by Crippen LogP contribution is 2.18. The first kappa shape index (κ1) is 12.2. The van der Waals surface area contributed by atoms with Crippen molar-refractivity contribution in [2.45, 2.75) is 13.8 Å². The third kappa shape index (κ3) is 3.10. The Labute approximate surface area is 106 Å². The lowest BCUT2D eigenvalue weighted by Crippen LogP contribution is -2.05. The standard InChI is InChI=1S/C13H17N5/c1-3-15-11-8-12(18-13(14)17-11)16-10-6-4-9(2)5-7-10/h4-8H,3H2,1-2H3,(H4,14,15,16,17,18). The molecule has 2 aromatic rings. The van der Waals surface area contributed by atoms with Crippen LogP contribution in [0.2, 0.25) is 0 Å². The molecule has 0 bridgehead atoms. The molecule has 0 saturated heterocycles. The van der Waals surface area contributed by atoms with E-state index < -0.39 is 0 Å². The van der Waals surface area contributed by atoms with Gasteiger partial charge in [-0.15, -0.1) is 0 Å². The van der Waals surface area contributed by atoms with Crippen LogP contribution in [0.5, 0.6) is 0 Å². The van der Waals surface area contributed by atoms with Gasteiger partial charge in [-0.2, -0.15) is 9.97 Å². The molecule has 1 heterocycles. The molecule has 0 aliphatic heterocycles. The van der Waals surface area contributed by atoms with E-state index in [1.807, 2.05) is 37.3 Å². The Morgan fingerprint density at radius 2 is 1.78 bits per heavy atom. The fourth-order valence-corrected chi connectivity index (χ4v) is 1.59. The van der Waals surface area contributed by atoms with E-state index in [1.54, 1.807) is 0 Å². The Bertz CT molecular complexity index is 521. The number of nitrogens with one attached hydrogen (secondary N) is 2. The Hall–Kier alpha value is -2.30. The second kappa shape index (κ2) is 5.35. The molecule has 1 aromatic carbocycles. The first-order chi connectivity index (χ1) is 8.67. The number of nitrogens with zero attached hydrogens (tertiary/aromatic N) is 2. The maximum atomic E-state index is 5.67. The Kier molecular flexibility index (Phi) is 3.62. The number of nitrogen functional groups attached to an aromatic ring is 1. The molecular weight excluding hydrogens is 226 g/mol. The molecule has 18 heavy (non-hydrogen) atoms. The summed E-state index contributed by atoms with van der Waals surface area (Å²) in [4.78, 5) is 8.24. The molecule has 94 valence electrons. The Morgan fingerprint density at radius 1 is 1.11 bits per heavy atom. The fourth-order valence-electron chi connectivity index (χ4n) is 1.59. The minimum Gasteiger partial charge on any atom is -0.370 e. The molecular formula is C13H17N5. The largest absolute Gasteiger partial charge is 0.370 e. The van der Waals surface area contributed by atoms with E-state index in [0.717, 1.165) is 18.1 Å². The molecule has 0 atom stereocenters. The van der Waals surface area contributed by atoms with Crippen LogP contribution in [0.3, 0.4) is 0 Å². The van der Waals surface area contributed by atoms with Gasteiger partial charge in [0.05, 0.1) is 0 Å². The molecule has 0 amide bonds. The van der Waals surface area contributed by atoms with Crippen LogP contribution < -0.4 is 16.4 Å². The van der Waals surface area contributed by atoms with E-state index >= 15 is 0 Å². The second-order valence-electron chi connectivity index (χ2n) is 4.02. The third-order valence-electron chi connectivity index (χ3n) is 2.43. The molecule has 4 N–H and O–H groups in total. The van der Waals surface area contributed by atoms with Crippen molar-refractivity contribution in [3.05, 3.63) is 35.9 Å². The number of nitrogens with two attached hydrogens (primary N) is 1. The molecule has 0 aliphatic rings. The number of rotatable bonds is 4. The summed E-state index contributed by atoms with van der Waals surface area (Å²) in [7, 11) is 0. The fraction of sp³-hybridized carbons (Fsp3) is 0.231. The SMILES string of the molecule is CCNc1cc(Nc2ccc(C)cc2)nc(N)n1. The number of aromatic nitrogens is 2. The number of benzene rings is 1. The summed E-state index contributed by atoms with van der Waals surface area (Å²) >= 11 is 0. The second-order valence-corrected chi connectivity index (χ2v) is 4.02. The molecule has 0 fully saturated rings. The quantitative estimate of drug-likeness (QED) is 0.769. The zero-order valence-corrected chi connectivity index (χ0v) is 10.6. The predicted molar refractivity (Wildman–Crippen MR) is 75.1 cm³/mol. The summed E-state index contributed by atoms with van der Waals surface area (Å²) in [5.74, 6) is 1.66. The zero-order valence-electron chi connectivity index (χ0n) is 10.6. The molecule has 0 radical (unpaired) electrons. The Morgan fingerprint density at radius 3 is 2.44 bits per heavy atom. The van der Waals surface area contributed by atoms with Crippen molar-refractivity contribution in [1.82, 2.24) is 9.97 Å². The van der Waals surface area contributed by atoms with Crippen molar-refractivity contribution < 1.29 is 0 Å². The number of anilines is 4. The molecule has 5 heteroatoms. The molecule has 0 aliphatic carbocycles. The van der Waals surface area contributed by atoms with Crippen LogP contribution >= 0.6 is 0 Å². The normalized spacial score (nSPS) is 10.1. The summed E-state index contributed by atoms with van der Waals surface area (Å²) in [6, 6.07) is 9.91. The summed E-state index contributed by atoms with van der Waals surface area (Å²) in [6.45, 7) is 4.85. The van der Waals surface area contributed by atoms with Gasteiger partial charge in [-0.05, 0) is 26.0 Å². The molecule has 0 spiro atoms.